The largest absolute Gasteiger partial charge is 0.495 e. The highest BCUT2D eigenvalue weighted by Gasteiger charge is 2.53. The Morgan fingerprint density at radius 3 is 2.13 bits per heavy atom. The number of sulfonamides is 1. The summed E-state index contributed by atoms with van der Waals surface area (Å²) in [5.74, 6) is -0.456. The normalized spacial score (nSPS) is 16.3. The molecule has 0 heterocycles. The van der Waals surface area contributed by atoms with Crippen molar-refractivity contribution in [2.45, 2.75) is 40.2 Å². The second-order valence-electron chi connectivity index (χ2n) is 7.62. The first kappa shape index (κ1) is 23.2. The van der Waals surface area contributed by atoms with Crippen LogP contribution >= 0.6 is 0 Å². The lowest BCUT2D eigenvalue weighted by Gasteiger charge is -2.28. The fraction of sp³-hybridized carbons (Fsp3) is 0.381. The zero-order valence-corrected chi connectivity index (χ0v) is 19.3. The van der Waals surface area contributed by atoms with E-state index in [-0.39, 0.29) is 34.1 Å². The minimum absolute atomic E-state index is 0.0417. The van der Waals surface area contributed by atoms with Crippen LogP contribution in [-0.4, -0.2) is 53.0 Å². The molecule has 0 bridgehead atoms. The highest BCUT2D eigenvalue weighted by atomic mass is 32.2. The highest BCUT2D eigenvalue weighted by molar-refractivity contribution is 7.93. The first-order chi connectivity index (χ1) is 14.6. The second kappa shape index (κ2) is 8.60. The Hall–Kier alpha value is -2.43. The first-order valence-electron chi connectivity index (χ1n) is 9.78. The summed E-state index contributed by atoms with van der Waals surface area (Å²) in [5, 5.41) is 2.65. The van der Waals surface area contributed by atoms with Crippen LogP contribution in [0.15, 0.2) is 58.3 Å². The molecule has 3 rings (SSSR count). The summed E-state index contributed by atoms with van der Waals surface area (Å²) in [5.41, 5.74) is 0.102. The molecule has 1 aliphatic rings. The number of rotatable bonds is 7. The predicted octanol–water partition coefficient (Wildman–Crippen LogP) is 2.67. The molecule has 0 saturated heterocycles. The molecule has 0 unspecified atom stereocenters. The van der Waals surface area contributed by atoms with Crippen LogP contribution in [0.3, 0.4) is 0 Å². The second-order valence-corrected chi connectivity index (χ2v) is 12.0. The first-order valence-corrected chi connectivity index (χ1v) is 12.7. The van der Waals surface area contributed by atoms with E-state index in [0.29, 0.717) is 12.8 Å². The summed E-state index contributed by atoms with van der Waals surface area (Å²) in [6.45, 7) is 0. The number of anilines is 1. The van der Waals surface area contributed by atoms with Gasteiger partial charge in [0.25, 0.3) is 0 Å². The van der Waals surface area contributed by atoms with Crippen molar-refractivity contribution in [1.82, 2.24) is 4.31 Å². The van der Waals surface area contributed by atoms with Gasteiger partial charge in [-0.1, -0.05) is 31.0 Å². The van der Waals surface area contributed by atoms with Crippen molar-refractivity contribution in [2.24, 2.45) is 0 Å². The van der Waals surface area contributed by atoms with Gasteiger partial charge in [-0.2, -0.15) is 0 Å². The molecule has 0 radical (unpaired) electrons. The molecule has 1 saturated carbocycles. The highest BCUT2D eigenvalue weighted by Crippen LogP contribution is 2.42. The number of carbonyl (C=O) groups excluding carboxylic acids is 1. The van der Waals surface area contributed by atoms with Gasteiger partial charge >= 0.3 is 0 Å². The SMILES string of the molecule is COc1ccc(S(=O)(=O)N(C)C)cc1NC(=O)C1(S(=O)(=O)c2ccccc2)CCCC1. The Bertz CT molecular complexity index is 1170. The van der Waals surface area contributed by atoms with Crippen LogP contribution < -0.4 is 10.1 Å². The molecule has 1 N–H and O–H groups in total. The van der Waals surface area contributed by atoms with Crippen LogP contribution in [0.4, 0.5) is 5.69 Å². The number of amides is 1. The van der Waals surface area contributed by atoms with E-state index >= 15 is 0 Å². The lowest BCUT2D eigenvalue weighted by molar-refractivity contribution is -0.118. The molecule has 1 fully saturated rings. The van der Waals surface area contributed by atoms with Crippen LogP contribution in [0.25, 0.3) is 0 Å². The molecule has 0 aromatic heterocycles. The maximum absolute atomic E-state index is 13.5. The van der Waals surface area contributed by atoms with Gasteiger partial charge in [0.05, 0.1) is 22.6 Å². The monoisotopic (exact) mass is 466 g/mol. The van der Waals surface area contributed by atoms with E-state index in [2.05, 4.69) is 5.32 Å². The van der Waals surface area contributed by atoms with Gasteiger partial charge < -0.3 is 10.1 Å². The maximum Gasteiger partial charge on any atom is 0.246 e. The number of benzene rings is 2. The molecule has 0 spiro atoms. The minimum Gasteiger partial charge on any atom is -0.495 e. The molecular weight excluding hydrogens is 440 g/mol. The Morgan fingerprint density at radius 1 is 0.968 bits per heavy atom. The Morgan fingerprint density at radius 2 is 1.58 bits per heavy atom. The summed E-state index contributed by atoms with van der Waals surface area (Å²) in [6, 6.07) is 12.0. The summed E-state index contributed by atoms with van der Waals surface area (Å²) in [6.07, 6.45) is 1.58. The van der Waals surface area contributed by atoms with Gasteiger partial charge in [0, 0.05) is 14.1 Å². The third-order valence-corrected chi connectivity index (χ3v) is 9.92. The molecule has 2 aromatic carbocycles. The summed E-state index contributed by atoms with van der Waals surface area (Å²) < 4.78 is 56.6. The van der Waals surface area contributed by atoms with E-state index in [9.17, 15) is 21.6 Å². The van der Waals surface area contributed by atoms with Gasteiger partial charge in [-0.05, 0) is 43.2 Å². The summed E-state index contributed by atoms with van der Waals surface area (Å²) in [4.78, 5) is 13.5. The number of nitrogens with zero attached hydrogens (tertiary/aromatic N) is 1. The minimum atomic E-state index is -3.97. The van der Waals surface area contributed by atoms with Crippen molar-refractivity contribution in [3.63, 3.8) is 0 Å². The number of carbonyl (C=O) groups is 1. The van der Waals surface area contributed by atoms with Crippen molar-refractivity contribution in [2.75, 3.05) is 26.5 Å². The Kier molecular flexibility index (Phi) is 6.45. The fourth-order valence-electron chi connectivity index (χ4n) is 3.78. The lowest BCUT2D eigenvalue weighted by atomic mass is 10.1. The fourth-order valence-corrected chi connectivity index (χ4v) is 6.80. The third-order valence-electron chi connectivity index (χ3n) is 5.59. The lowest BCUT2D eigenvalue weighted by Crippen LogP contribution is -2.47. The van der Waals surface area contributed by atoms with Crippen LogP contribution in [-0.2, 0) is 24.7 Å². The van der Waals surface area contributed by atoms with Crippen molar-refractivity contribution in [1.29, 1.82) is 0 Å². The van der Waals surface area contributed by atoms with Crippen molar-refractivity contribution in [3.8, 4) is 5.75 Å². The van der Waals surface area contributed by atoms with E-state index in [4.69, 9.17) is 4.74 Å². The molecule has 0 atom stereocenters. The molecule has 0 aliphatic heterocycles. The van der Waals surface area contributed by atoms with Crippen molar-refractivity contribution >= 4 is 31.5 Å². The molecule has 168 valence electrons. The van der Waals surface area contributed by atoms with Crippen molar-refractivity contribution in [3.05, 3.63) is 48.5 Å². The number of ether oxygens (including phenoxy) is 1. The van der Waals surface area contributed by atoms with Crippen LogP contribution in [0.5, 0.6) is 5.75 Å². The smallest absolute Gasteiger partial charge is 0.246 e. The van der Waals surface area contributed by atoms with Gasteiger partial charge in [0.1, 0.15) is 5.75 Å². The van der Waals surface area contributed by atoms with Gasteiger partial charge in [-0.25, -0.2) is 21.1 Å². The predicted molar refractivity (Wildman–Crippen MR) is 117 cm³/mol. The molecule has 31 heavy (non-hydrogen) atoms. The van der Waals surface area contributed by atoms with Crippen LogP contribution in [0, 0.1) is 0 Å². The number of methoxy groups -OCH3 is 1. The molecule has 8 nitrogen and oxygen atoms in total. The van der Waals surface area contributed by atoms with Gasteiger partial charge in [-0.3, -0.25) is 4.79 Å². The zero-order chi connectivity index (χ0) is 22.9. The number of nitrogens with one attached hydrogen (secondary N) is 1. The third kappa shape index (κ3) is 4.07. The van der Waals surface area contributed by atoms with E-state index in [1.165, 1.54) is 51.5 Å². The summed E-state index contributed by atoms with van der Waals surface area (Å²) >= 11 is 0. The molecular formula is C21H26N2O6S2. The van der Waals surface area contributed by atoms with E-state index in [1.54, 1.807) is 18.2 Å². The average Bonchev–Trinajstić information content (AvgIpc) is 3.26. The van der Waals surface area contributed by atoms with Gasteiger partial charge in [0.15, 0.2) is 14.6 Å². The number of sulfone groups is 1. The zero-order valence-electron chi connectivity index (χ0n) is 17.7. The van der Waals surface area contributed by atoms with Crippen molar-refractivity contribution < 1.29 is 26.4 Å². The Balaban J connectivity index is 2.04. The summed E-state index contributed by atoms with van der Waals surface area (Å²) in [7, 11) is -3.54. The maximum atomic E-state index is 13.5. The molecule has 2 aromatic rings. The number of hydrogen-bond donors (Lipinski definition) is 1. The Labute approximate surface area is 183 Å². The van der Waals surface area contributed by atoms with E-state index < -0.39 is 30.5 Å². The quantitative estimate of drug-likeness (QED) is 0.672. The molecule has 10 heteroatoms. The standard InChI is InChI=1S/C21H26N2O6S2/c1-23(2)31(27,28)17-11-12-19(29-3)18(15-17)22-20(24)21(13-7-8-14-21)30(25,26)16-9-5-4-6-10-16/h4-6,9-12,15H,7-8,13-14H2,1-3H3,(H,22,24). The van der Waals surface area contributed by atoms with E-state index in [1.807, 2.05) is 0 Å². The molecule has 1 aliphatic carbocycles. The van der Waals surface area contributed by atoms with E-state index in [0.717, 1.165) is 4.31 Å². The van der Waals surface area contributed by atoms with Crippen LogP contribution in [0.1, 0.15) is 25.7 Å². The number of hydrogen-bond acceptors (Lipinski definition) is 6. The topological polar surface area (TPSA) is 110 Å². The van der Waals surface area contributed by atoms with Crippen LogP contribution in [0.2, 0.25) is 0 Å². The average molecular weight is 467 g/mol. The van der Waals surface area contributed by atoms with Gasteiger partial charge in [-0.15, -0.1) is 0 Å². The van der Waals surface area contributed by atoms with Gasteiger partial charge in [0.2, 0.25) is 15.9 Å². The molecule has 1 amide bonds.